The molecule has 5 heteroatoms. The van der Waals surface area contributed by atoms with Crippen LogP contribution in [-0.4, -0.2) is 26.9 Å². The molecule has 0 radical (unpaired) electrons. The molecular weight excluding hydrogens is 143 g/mol. The highest BCUT2D eigenvalue weighted by Crippen LogP contribution is 2.00. The van der Waals surface area contributed by atoms with Gasteiger partial charge in [0, 0.05) is 5.69 Å². The summed E-state index contributed by atoms with van der Waals surface area (Å²) in [6.45, 7) is 3.75. The van der Waals surface area contributed by atoms with E-state index >= 15 is 0 Å². The van der Waals surface area contributed by atoms with E-state index in [0.717, 1.165) is 11.4 Å². The minimum atomic E-state index is -1.33. The highest BCUT2D eigenvalue weighted by molar-refractivity contribution is 6.39. The van der Waals surface area contributed by atoms with Gasteiger partial charge in [0.2, 0.25) is 0 Å². The fraction of sp³-hybridized carbons (Fsp3) is 0.500. The van der Waals surface area contributed by atoms with Gasteiger partial charge in [-0.1, -0.05) is 0 Å². The highest BCUT2D eigenvalue weighted by atomic mass is 16.4. The second-order valence-corrected chi connectivity index (χ2v) is 2.59. The van der Waals surface area contributed by atoms with Gasteiger partial charge in [0.05, 0.1) is 12.1 Å². The average molecular weight is 154 g/mol. The van der Waals surface area contributed by atoms with Gasteiger partial charge in [0.15, 0.2) is 0 Å². The Hall–Kier alpha value is -0.805. The molecule has 0 aliphatic heterocycles. The van der Waals surface area contributed by atoms with Gasteiger partial charge in [-0.05, 0) is 19.9 Å². The van der Waals surface area contributed by atoms with Crippen LogP contribution in [0.4, 0.5) is 0 Å². The summed E-state index contributed by atoms with van der Waals surface area (Å²) in [5.74, 6) is 0. The van der Waals surface area contributed by atoms with Crippen molar-refractivity contribution in [3.63, 3.8) is 0 Å². The lowest BCUT2D eigenvalue weighted by molar-refractivity contribution is 0.386. The van der Waals surface area contributed by atoms with Crippen molar-refractivity contribution in [2.45, 2.75) is 20.3 Å². The molecule has 1 heterocycles. The minimum absolute atomic E-state index is 0.139. The molecule has 0 spiro atoms. The van der Waals surface area contributed by atoms with Gasteiger partial charge in [-0.2, -0.15) is 5.10 Å². The predicted octanol–water partition coefficient (Wildman–Crippen LogP) is -0.488. The largest absolute Gasteiger partial charge is 0.474 e. The molecule has 1 aromatic rings. The normalized spacial score (nSPS) is 10.2. The molecule has 0 fully saturated rings. The minimum Gasteiger partial charge on any atom is -0.426 e. The molecule has 0 amide bonds. The zero-order chi connectivity index (χ0) is 8.43. The number of hydrogen-bond donors (Lipinski definition) is 2. The summed E-state index contributed by atoms with van der Waals surface area (Å²) in [7, 11) is -1.33. The van der Waals surface area contributed by atoms with E-state index < -0.39 is 7.12 Å². The maximum Gasteiger partial charge on any atom is 0.474 e. The van der Waals surface area contributed by atoms with Crippen molar-refractivity contribution >= 4 is 7.12 Å². The van der Waals surface area contributed by atoms with E-state index in [2.05, 4.69) is 5.10 Å². The van der Waals surface area contributed by atoms with Crippen molar-refractivity contribution in [3.05, 3.63) is 17.5 Å². The zero-order valence-electron chi connectivity index (χ0n) is 6.65. The molecule has 1 aromatic heterocycles. The van der Waals surface area contributed by atoms with Crippen LogP contribution < -0.4 is 0 Å². The summed E-state index contributed by atoms with van der Waals surface area (Å²) in [6.07, 6.45) is 0.139. The third-order valence-electron chi connectivity index (χ3n) is 1.44. The molecule has 0 unspecified atom stereocenters. The summed E-state index contributed by atoms with van der Waals surface area (Å²) in [6, 6.07) is 1.89. The molecule has 2 N–H and O–H groups in total. The molecule has 0 bridgehead atoms. The maximum atomic E-state index is 8.63. The van der Waals surface area contributed by atoms with Crippen molar-refractivity contribution in [1.29, 1.82) is 0 Å². The summed E-state index contributed by atoms with van der Waals surface area (Å²) < 4.78 is 1.57. The lowest BCUT2D eigenvalue weighted by atomic mass is 9.93. The Morgan fingerprint density at radius 1 is 1.55 bits per heavy atom. The molecule has 0 atom stereocenters. The number of hydrogen-bond acceptors (Lipinski definition) is 3. The molecule has 1 rings (SSSR count). The fourth-order valence-corrected chi connectivity index (χ4v) is 1.01. The standard InChI is InChI=1S/C6H11BN2O2/c1-5-3-6(2)9(8-5)4-7(10)11/h3,10-11H,4H2,1-2H3. The second kappa shape index (κ2) is 3.06. The Morgan fingerprint density at radius 2 is 2.18 bits per heavy atom. The van der Waals surface area contributed by atoms with Crippen LogP contribution >= 0.6 is 0 Å². The Kier molecular flexibility index (Phi) is 2.31. The van der Waals surface area contributed by atoms with Crippen molar-refractivity contribution in [2.75, 3.05) is 0 Å². The van der Waals surface area contributed by atoms with Gasteiger partial charge in [0.25, 0.3) is 0 Å². The Labute approximate surface area is 65.6 Å². The van der Waals surface area contributed by atoms with E-state index in [1.807, 2.05) is 19.9 Å². The van der Waals surface area contributed by atoms with Gasteiger partial charge in [0.1, 0.15) is 0 Å². The van der Waals surface area contributed by atoms with Crippen LogP contribution in [0.2, 0.25) is 0 Å². The summed E-state index contributed by atoms with van der Waals surface area (Å²) >= 11 is 0. The van der Waals surface area contributed by atoms with Gasteiger partial charge in [-0.25, -0.2) is 0 Å². The number of aromatic nitrogens is 2. The first kappa shape index (κ1) is 8.29. The van der Waals surface area contributed by atoms with Gasteiger partial charge >= 0.3 is 7.12 Å². The Balaban J connectivity index is 2.77. The average Bonchev–Trinajstić information content (AvgIpc) is 2.09. The molecule has 4 nitrogen and oxygen atoms in total. The quantitative estimate of drug-likeness (QED) is 0.565. The Bertz CT molecular complexity index is 247. The molecule has 0 saturated carbocycles. The van der Waals surface area contributed by atoms with Crippen LogP contribution in [0.15, 0.2) is 6.07 Å². The molecular formula is C6H11BN2O2. The van der Waals surface area contributed by atoms with E-state index in [0.29, 0.717) is 0 Å². The van der Waals surface area contributed by atoms with Gasteiger partial charge in [-0.3, -0.25) is 4.68 Å². The molecule has 60 valence electrons. The second-order valence-electron chi connectivity index (χ2n) is 2.59. The monoisotopic (exact) mass is 154 g/mol. The number of rotatable bonds is 2. The van der Waals surface area contributed by atoms with Crippen LogP contribution in [0, 0.1) is 13.8 Å². The zero-order valence-corrected chi connectivity index (χ0v) is 6.65. The van der Waals surface area contributed by atoms with Crippen LogP contribution in [0.3, 0.4) is 0 Å². The van der Waals surface area contributed by atoms with Gasteiger partial charge in [-0.15, -0.1) is 0 Å². The first-order valence-corrected chi connectivity index (χ1v) is 3.47. The molecule has 0 aliphatic rings. The van der Waals surface area contributed by atoms with E-state index in [1.54, 1.807) is 4.68 Å². The van der Waals surface area contributed by atoms with Crippen molar-refractivity contribution in [2.24, 2.45) is 0 Å². The van der Waals surface area contributed by atoms with Gasteiger partial charge < -0.3 is 10.0 Å². The molecule has 0 aliphatic carbocycles. The van der Waals surface area contributed by atoms with Crippen molar-refractivity contribution in [3.8, 4) is 0 Å². The van der Waals surface area contributed by atoms with Crippen LogP contribution in [-0.2, 0) is 6.44 Å². The Morgan fingerprint density at radius 3 is 2.55 bits per heavy atom. The van der Waals surface area contributed by atoms with Crippen LogP contribution in [0.1, 0.15) is 11.4 Å². The van der Waals surface area contributed by atoms with E-state index in [1.165, 1.54) is 0 Å². The van der Waals surface area contributed by atoms with Crippen LogP contribution in [0.5, 0.6) is 0 Å². The smallest absolute Gasteiger partial charge is 0.426 e. The first-order valence-electron chi connectivity index (χ1n) is 3.47. The molecule has 11 heavy (non-hydrogen) atoms. The van der Waals surface area contributed by atoms with Crippen molar-refractivity contribution < 1.29 is 10.0 Å². The summed E-state index contributed by atoms with van der Waals surface area (Å²) in [5.41, 5.74) is 1.83. The number of nitrogens with zero attached hydrogens (tertiary/aromatic N) is 2. The summed E-state index contributed by atoms with van der Waals surface area (Å²) in [4.78, 5) is 0. The SMILES string of the molecule is Cc1cc(C)n(CB(O)O)n1. The lowest BCUT2D eigenvalue weighted by Crippen LogP contribution is -2.22. The number of aryl methyl sites for hydroxylation is 2. The molecule has 0 aromatic carbocycles. The van der Waals surface area contributed by atoms with E-state index in [-0.39, 0.29) is 6.44 Å². The molecule has 0 saturated heterocycles. The topological polar surface area (TPSA) is 58.3 Å². The highest BCUT2D eigenvalue weighted by Gasteiger charge is 2.10. The van der Waals surface area contributed by atoms with E-state index in [4.69, 9.17) is 10.0 Å². The first-order chi connectivity index (χ1) is 5.09. The third kappa shape index (κ3) is 2.06. The lowest BCUT2D eigenvalue weighted by Gasteiger charge is -2.01. The third-order valence-corrected chi connectivity index (χ3v) is 1.44. The fourth-order valence-electron chi connectivity index (χ4n) is 1.01. The van der Waals surface area contributed by atoms with E-state index in [9.17, 15) is 0 Å². The summed E-state index contributed by atoms with van der Waals surface area (Å²) in [5, 5.41) is 21.3. The van der Waals surface area contributed by atoms with Crippen LogP contribution in [0.25, 0.3) is 0 Å². The van der Waals surface area contributed by atoms with Crippen molar-refractivity contribution in [1.82, 2.24) is 9.78 Å². The maximum absolute atomic E-state index is 8.63. The predicted molar refractivity (Wildman–Crippen MR) is 41.9 cm³/mol.